The van der Waals surface area contributed by atoms with Crippen LogP contribution in [0.15, 0.2) is 17.6 Å². The SMILES string of the molecule is COC(=O)c1csc2cc(C=O)cnc12. The first-order chi connectivity index (χ1) is 7.26. The van der Waals surface area contributed by atoms with Crippen molar-refractivity contribution in [2.24, 2.45) is 0 Å². The molecule has 0 spiro atoms. The Morgan fingerprint density at radius 3 is 3.07 bits per heavy atom. The lowest BCUT2D eigenvalue weighted by molar-refractivity contribution is 0.0603. The van der Waals surface area contributed by atoms with Crippen LogP contribution in [0.1, 0.15) is 20.7 Å². The van der Waals surface area contributed by atoms with Crippen LogP contribution < -0.4 is 0 Å². The normalized spacial score (nSPS) is 10.2. The molecule has 15 heavy (non-hydrogen) atoms. The first kappa shape index (κ1) is 9.79. The van der Waals surface area contributed by atoms with Crippen LogP contribution in [0.3, 0.4) is 0 Å². The summed E-state index contributed by atoms with van der Waals surface area (Å²) in [5, 5.41) is 1.68. The molecular weight excluding hydrogens is 214 g/mol. The Morgan fingerprint density at radius 2 is 2.40 bits per heavy atom. The molecule has 76 valence electrons. The molecule has 0 aromatic carbocycles. The summed E-state index contributed by atoms with van der Waals surface area (Å²) in [5.74, 6) is -0.410. The second-order valence-electron chi connectivity index (χ2n) is 2.87. The smallest absolute Gasteiger partial charge is 0.340 e. The summed E-state index contributed by atoms with van der Waals surface area (Å²) < 4.78 is 5.42. The number of thiophene rings is 1. The van der Waals surface area contributed by atoms with E-state index < -0.39 is 5.97 Å². The van der Waals surface area contributed by atoms with E-state index in [0.717, 1.165) is 11.0 Å². The maximum absolute atomic E-state index is 11.3. The molecule has 0 N–H and O–H groups in total. The fourth-order valence-electron chi connectivity index (χ4n) is 1.25. The van der Waals surface area contributed by atoms with Crippen molar-refractivity contribution in [1.82, 2.24) is 4.98 Å². The third-order valence-corrected chi connectivity index (χ3v) is 2.89. The molecule has 0 saturated carbocycles. The molecule has 2 aromatic rings. The van der Waals surface area contributed by atoms with E-state index in [1.165, 1.54) is 24.6 Å². The van der Waals surface area contributed by atoms with E-state index in [0.29, 0.717) is 16.6 Å². The number of methoxy groups -OCH3 is 1. The van der Waals surface area contributed by atoms with E-state index >= 15 is 0 Å². The summed E-state index contributed by atoms with van der Waals surface area (Å²) in [6.45, 7) is 0. The van der Waals surface area contributed by atoms with E-state index in [1.54, 1.807) is 11.4 Å². The van der Waals surface area contributed by atoms with Crippen LogP contribution in [0.5, 0.6) is 0 Å². The first-order valence-electron chi connectivity index (χ1n) is 4.17. The lowest BCUT2D eigenvalue weighted by Crippen LogP contribution is -2.00. The van der Waals surface area contributed by atoms with Crippen LogP contribution in [0.25, 0.3) is 10.2 Å². The number of nitrogens with zero attached hydrogens (tertiary/aromatic N) is 1. The first-order valence-corrected chi connectivity index (χ1v) is 5.05. The van der Waals surface area contributed by atoms with Crippen molar-refractivity contribution in [2.75, 3.05) is 7.11 Å². The molecule has 4 nitrogen and oxygen atoms in total. The van der Waals surface area contributed by atoms with Crippen LogP contribution in [0.4, 0.5) is 0 Å². The summed E-state index contributed by atoms with van der Waals surface area (Å²) in [7, 11) is 1.33. The molecular formula is C10H7NO3S. The van der Waals surface area contributed by atoms with E-state index in [2.05, 4.69) is 9.72 Å². The molecule has 0 aliphatic heterocycles. The number of carbonyl (C=O) groups excluding carboxylic acids is 2. The van der Waals surface area contributed by atoms with Crippen molar-refractivity contribution in [1.29, 1.82) is 0 Å². The van der Waals surface area contributed by atoms with Gasteiger partial charge in [-0.2, -0.15) is 0 Å². The highest BCUT2D eigenvalue weighted by molar-refractivity contribution is 7.17. The highest BCUT2D eigenvalue weighted by atomic mass is 32.1. The molecule has 0 saturated heterocycles. The Labute approximate surface area is 89.5 Å². The molecule has 0 bridgehead atoms. The maximum Gasteiger partial charge on any atom is 0.340 e. The lowest BCUT2D eigenvalue weighted by atomic mass is 10.2. The molecule has 2 heterocycles. The van der Waals surface area contributed by atoms with E-state index in [1.807, 2.05) is 0 Å². The Bertz CT molecular complexity index is 532. The molecule has 2 rings (SSSR count). The van der Waals surface area contributed by atoms with Gasteiger partial charge in [0.15, 0.2) is 6.29 Å². The van der Waals surface area contributed by atoms with Crippen LogP contribution >= 0.6 is 11.3 Å². The molecule has 0 aliphatic carbocycles. The van der Waals surface area contributed by atoms with Gasteiger partial charge in [0.05, 0.1) is 22.9 Å². The third kappa shape index (κ3) is 1.61. The van der Waals surface area contributed by atoms with Crippen molar-refractivity contribution in [2.45, 2.75) is 0 Å². The van der Waals surface area contributed by atoms with E-state index in [4.69, 9.17) is 0 Å². The Hall–Kier alpha value is -1.75. The van der Waals surface area contributed by atoms with Crippen LogP contribution in [0.2, 0.25) is 0 Å². The zero-order valence-electron chi connectivity index (χ0n) is 7.89. The predicted octanol–water partition coefficient (Wildman–Crippen LogP) is 1.90. The summed E-state index contributed by atoms with van der Waals surface area (Å²) >= 11 is 1.36. The quantitative estimate of drug-likeness (QED) is 0.574. The Kier molecular flexibility index (Phi) is 2.47. The van der Waals surface area contributed by atoms with Crippen molar-refractivity contribution >= 4 is 33.8 Å². The molecule has 0 amide bonds. The fraction of sp³-hybridized carbons (Fsp3) is 0.100. The minimum atomic E-state index is -0.410. The van der Waals surface area contributed by atoms with Crippen molar-refractivity contribution in [3.05, 3.63) is 28.8 Å². The van der Waals surface area contributed by atoms with Crippen LogP contribution in [0, 0.1) is 0 Å². The number of hydrogen-bond donors (Lipinski definition) is 0. The minimum absolute atomic E-state index is 0.410. The fourth-order valence-corrected chi connectivity index (χ4v) is 2.18. The number of ether oxygens (including phenoxy) is 1. The predicted molar refractivity (Wildman–Crippen MR) is 56.3 cm³/mol. The second-order valence-corrected chi connectivity index (χ2v) is 3.79. The second kappa shape index (κ2) is 3.78. The number of carbonyl (C=O) groups is 2. The van der Waals surface area contributed by atoms with E-state index in [-0.39, 0.29) is 0 Å². The monoisotopic (exact) mass is 221 g/mol. The maximum atomic E-state index is 11.3. The third-order valence-electron chi connectivity index (χ3n) is 1.97. The summed E-state index contributed by atoms with van der Waals surface area (Å²) in [6, 6.07) is 1.70. The van der Waals surface area contributed by atoms with Gasteiger partial charge < -0.3 is 4.74 Å². The van der Waals surface area contributed by atoms with Gasteiger partial charge in [0, 0.05) is 17.1 Å². The van der Waals surface area contributed by atoms with E-state index in [9.17, 15) is 9.59 Å². The standard InChI is InChI=1S/C10H7NO3S/c1-14-10(13)7-5-15-8-2-6(4-12)3-11-9(7)8/h2-5H,1H3. The molecule has 0 aliphatic rings. The number of aromatic nitrogens is 1. The number of rotatable bonds is 2. The molecule has 0 atom stereocenters. The molecule has 0 radical (unpaired) electrons. The van der Waals surface area contributed by atoms with Crippen molar-refractivity contribution < 1.29 is 14.3 Å². The molecule has 0 unspecified atom stereocenters. The number of pyridine rings is 1. The van der Waals surface area contributed by atoms with Gasteiger partial charge in [-0.3, -0.25) is 9.78 Å². The average molecular weight is 221 g/mol. The lowest BCUT2D eigenvalue weighted by Gasteiger charge is -1.96. The molecule has 5 heteroatoms. The number of esters is 1. The van der Waals surface area contributed by atoms with Gasteiger partial charge in [-0.15, -0.1) is 11.3 Å². The zero-order chi connectivity index (χ0) is 10.8. The van der Waals surface area contributed by atoms with Crippen molar-refractivity contribution in [3.8, 4) is 0 Å². The largest absolute Gasteiger partial charge is 0.465 e. The molecule has 2 aromatic heterocycles. The summed E-state index contributed by atoms with van der Waals surface area (Å²) in [5.41, 5.74) is 1.52. The summed E-state index contributed by atoms with van der Waals surface area (Å²) in [4.78, 5) is 25.9. The van der Waals surface area contributed by atoms with Gasteiger partial charge in [0.2, 0.25) is 0 Å². The highest BCUT2D eigenvalue weighted by Crippen LogP contribution is 2.24. The Morgan fingerprint density at radius 1 is 1.60 bits per heavy atom. The topological polar surface area (TPSA) is 56.3 Å². The summed E-state index contributed by atoms with van der Waals surface area (Å²) in [6.07, 6.45) is 2.17. The minimum Gasteiger partial charge on any atom is -0.465 e. The number of fused-ring (bicyclic) bond motifs is 1. The van der Waals surface area contributed by atoms with Gasteiger partial charge in [-0.1, -0.05) is 0 Å². The highest BCUT2D eigenvalue weighted by Gasteiger charge is 2.13. The average Bonchev–Trinajstić information content (AvgIpc) is 2.70. The number of aldehydes is 1. The van der Waals surface area contributed by atoms with Crippen LogP contribution in [-0.2, 0) is 4.74 Å². The van der Waals surface area contributed by atoms with Crippen LogP contribution in [-0.4, -0.2) is 24.3 Å². The number of hydrogen-bond acceptors (Lipinski definition) is 5. The zero-order valence-corrected chi connectivity index (χ0v) is 8.71. The van der Waals surface area contributed by atoms with Gasteiger partial charge in [0.1, 0.15) is 0 Å². The van der Waals surface area contributed by atoms with Gasteiger partial charge in [-0.25, -0.2) is 4.79 Å². The van der Waals surface area contributed by atoms with Gasteiger partial charge in [0.25, 0.3) is 0 Å². The Balaban J connectivity index is 2.61. The molecule has 0 fully saturated rings. The van der Waals surface area contributed by atoms with Gasteiger partial charge in [-0.05, 0) is 6.07 Å². The van der Waals surface area contributed by atoms with Gasteiger partial charge >= 0.3 is 5.97 Å². The van der Waals surface area contributed by atoms with Crippen molar-refractivity contribution in [3.63, 3.8) is 0 Å².